The van der Waals surface area contributed by atoms with E-state index < -0.39 is 0 Å². The van der Waals surface area contributed by atoms with Crippen LogP contribution in [0.25, 0.3) is 0 Å². The molecule has 1 radical (unpaired) electrons. The van der Waals surface area contributed by atoms with Crippen LogP contribution in [0.1, 0.15) is 64.7 Å². The summed E-state index contributed by atoms with van der Waals surface area (Å²) in [5.41, 5.74) is 1.31. The van der Waals surface area contributed by atoms with E-state index in [-0.39, 0.29) is 0 Å². The van der Waals surface area contributed by atoms with Gasteiger partial charge in [-0.15, -0.1) is 0 Å². The molecule has 77 valence electrons. The van der Waals surface area contributed by atoms with Crippen molar-refractivity contribution in [3.63, 3.8) is 0 Å². The normalized spacial score (nSPS) is 10.3. The Morgan fingerprint density at radius 2 is 1.46 bits per heavy atom. The fourth-order valence-electron chi connectivity index (χ4n) is 1.46. The van der Waals surface area contributed by atoms with E-state index in [2.05, 4.69) is 20.4 Å². The minimum absolute atomic E-state index is 0.913. The Hall–Kier alpha value is -0.260. The molecule has 0 heteroatoms. The Bertz CT molecular complexity index is 113. The van der Waals surface area contributed by atoms with E-state index >= 15 is 0 Å². The first-order chi connectivity index (χ1) is 6.31. The van der Waals surface area contributed by atoms with Gasteiger partial charge < -0.3 is 0 Å². The molecule has 0 fully saturated rings. The zero-order valence-corrected chi connectivity index (χ0v) is 9.28. The van der Waals surface area contributed by atoms with Gasteiger partial charge in [0.25, 0.3) is 0 Å². The average molecular weight is 181 g/mol. The number of unbranched alkanes of at least 4 members (excludes halogenated alkanes) is 6. The molecular weight excluding hydrogens is 156 g/mol. The van der Waals surface area contributed by atoms with Crippen LogP contribution in [-0.2, 0) is 0 Å². The zero-order valence-electron chi connectivity index (χ0n) is 9.28. The van der Waals surface area contributed by atoms with Gasteiger partial charge in [0.2, 0.25) is 0 Å². The van der Waals surface area contributed by atoms with Crippen molar-refractivity contribution in [2.45, 2.75) is 64.7 Å². The van der Waals surface area contributed by atoms with Gasteiger partial charge in [-0.3, -0.25) is 0 Å². The third kappa shape index (κ3) is 9.66. The van der Waals surface area contributed by atoms with Crippen molar-refractivity contribution in [1.82, 2.24) is 0 Å². The van der Waals surface area contributed by atoms with Crippen LogP contribution < -0.4 is 0 Å². The molecule has 0 aromatic rings. The second kappa shape index (κ2) is 9.83. The van der Waals surface area contributed by atoms with Crippen molar-refractivity contribution in [2.75, 3.05) is 0 Å². The number of allylic oxidation sites excluding steroid dienone is 1. The van der Waals surface area contributed by atoms with E-state index in [0.29, 0.717) is 0 Å². The van der Waals surface area contributed by atoms with Crippen LogP contribution in [0.3, 0.4) is 0 Å². The number of hydrogen-bond donors (Lipinski definition) is 0. The SMILES string of the molecule is [CH2]CC(=C)CCCCCCCCC. The van der Waals surface area contributed by atoms with Crippen LogP contribution in [0.5, 0.6) is 0 Å². The maximum absolute atomic E-state index is 3.96. The predicted octanol–water partition coefficient (Wildman–Crippen LogP) is 4.91. The summed E-state index contributed by atoms with van der Waals surface area (Å²) in [6.45, 7) is 10.0. The monoisotopic (exact) mass is 181 g/mol. The molecule has 0 rings (SSSR count). The average Bonchev–Trinajstić information content (AvgIpc) is 2.16. The van der Waals surface area contributed by atoms with Gasteiger partial charge in [0, 0.05) is 0 Å². The quantitative estimate of drug-likeness (QED) is 0.350. The standard InChI is InChI=1S/C13H25/c1-4-6-7-8-9-10-11-12-13(3)5-2/h2-12H2,1H3. The van der Waals surface area contributed by atoms with E-state index in [4.69, 9.17) is 0 Å². The Labute approximate surface area is 84.4 Å². The Morgan fingerprint density at radius 3 is 2.00 bits per heavy atom. The summed E-state index contributed by atoms with van der Waals surface area (Å²) in [5, 5.41) is 0. The fourth-order valence-corrected chi connectivity index (χ4v) is 1.46. The summed E-state index contributed by atoms with van der Waals surface area (Å²) in [4.78, 5) is 0. The lowest BCUT2D eigenvalue weighted by Gasteiger charge is -2.02. The molecule has 0 aliphatic rings. The molecule has 0 aliphatic carbocycles. The first-order valence-electron chi connectivity index (χ1n) is 5.77. The molecule has 13 heavy (non-hydrogen) atoms. The second-order valence-electron chi connectivity index (χ2n) is 3.87. The maximum atomic E-state index is 3.96. The highest BCUT2D eigenvalue weighted by Gasteiger charge is 1.92. The van der Waals surface area contributed by atoms with Crippen LogP contribution in [0, 0.1) is 6.92 Å². The van der Waals surface area contributed by atoms with E-state index in [1.807, 2.05) is 0 Å². The van der Waals surface area contributed by atoms with Crippen LogP contribution in [-0.4, -0.2) is 0 Å². The lowest BCUT2D eigenvalue weighted by Crippen LogP contribution is -1.82. The van der Waals surface area contributed by atoms with Gasteiger partial charge in [-0.2, -0.15) is 0 Å². The zero-order chi connectivity index (χ0) is 9.94. The molecule has 0 N–H and O–H groups in total. The molecule has 0 aliphatic heterocycles. The lowest BCUT2D eigenvalue weighted by molar-refractivity contribution is 0.587. The van der Waals surface area contributed by atoms with Crippen molar-refractivity contribution >= 4 is 0 Å². The highest BCUT2D eigenvalue weighted by atomic mass is 14.0. The van der Waals surface area contributed by atoms with Gasteiger partial charge >= 0.3 is 0 Å². The number of rotatable bonds is 9. The largest absolute Gasteiger partial charge is 0.0999 e. The summed E-state index contributed by atoms with van der Waals surface area (Å²) in [6.07, 6.45) is 11.8. The predicted molar refractivity (Wildman–Crippen MR) is 61.7 cm³/mol. The minimum atomic E-state index is 0.913. The minimum Gasteiger partial charge on any atom is -0.0999 e. The molecule has 0 atom stereocenters. The third-order valence-corrected chi connectivity index (χ3v) is 2.49. The summed E-state index contributed by atoms with van der Waals surface area (Å²) in [6, 6.07) is 0. The Balaban J connectivity index is 2.95. The molecule has 0 aromatic heterocycles. The molecule has 0 spiro atoms. The highest BCUT2D eigenvalue weighted by molar-refractivity contribution is 4.94. The van der Waals surface area contributed by atoms with Gasteiger partial charge in [0.15, 0.2) is 0 Å². The van der Waals surface area contributed by atoms with Crippen molar-refractivity contribution in [3.8, 4) is 0 Å². The van der Waals surface area contributed by atoms with Gasteiger partial charge in [0.1, 0.15) is 0 Å². The van der Waals surface area contributed by atoms with E-state index in [9.17, 15) is 0 Å². The van der Waals surface area contributed by atoms with Gasteiger partial charge in [-0.05, 0) is 26.2 Å². The smallest absolute Gasteiger partial charge is 0.0323 e. The van der Waals surface area contributed by atoms with Crippen LogP contribution in [0.4, 0.5) is 0 Å². The lowest BCUT2D eigenvalue weighted by atomic mass is 10.0. The van der Waals surface area contributed by atoms with Crippen LogP contribution >= 0.6 is 0 Å². The maximum Gasteiger partial charge on any atom is -0.0323 e. The summed E-state index contributed by atoms with van der Waals surface area (Å²) < 4.78 is 0. The van der Waals surface area contributed by atoms with Crippen molar-refractivity contribution < 1.29 is 0 Å². The van der Waals surface area contributed by atoms with Crippen LogP contribution in [0.2, 0.25) is 0 Å². The first-order valence-corrected chi connectivity index (χ1v) is 5.77. The summed E-state index contributed by atoms with van der Waals surface area (Å²) in [7, 11) is 0. The molecule has 0 aromatic carbocycles. The molecule has 0 amide bonds. The van der Waals surface area contributed by atoms with E-state index in [1.54, 1.807) is 0 Å². The van der Waals surface area contributed by atoms with Gasteiger partial charge in [0.05, 0.1) is 0 Å². The molecule has 0 saturated carbocycles. The summed E-state index contributed by atoms with van der Waals surface area (Å²) in [5.74, 6) is 0. The van der Waals surface area contributed by atoms with Crippen molar-refractivity contribution in [2.24, 2.45) is 0 Å². The van der Waals surface area contributed by atoms with Crippen molar-refractivity contribution in [3.05, 3.63) is 19.1 Å². The number of hydrogen-bond acceptors (Lipinski definition) is 0. The highest BCUT2D eigenvalue weighted by Crippen LogP contribution is 2.12. The molecule has 0 heterocycles. The molecule has 0 unspecified atom stereocenters. The van der Waals surface area contributed by atoms with Crippen molar-refractivity contribution in [1.29, 1.82) is 0 Å². The summed E-state index contributed by atoms with van der Waals surface area (Å²) >= 11 is 0. The molecule has 0 nitrogen and oxygen atoms in total. The molecule has 0 bridgehead atoms. The topological polar surface area (TPSA) is 0 Å². The van der Waals surface area contributed by atoms with E-state index in [0.717, 1.165) is 6.42 Å². The van der Waals surface area contributed by atoms with Crippen LogP contribution in [0.15, 0.2) is 12.2 Å². The second-order valence-corrected chi connectivity index (χ2v) is 3.87. The first kappa shape index (κ1) is 12.7. The fraction of sp³-hybridized carbons (Fsp3) is 0.769. The van der Waals surface area contributed by atoms with Gasteiger partial charge in [-0.1, -0.05) is 57.6 Å². The van der Waals surface area contributed by atoms with Gasteiger partial charge in [-0.25, -0.2) is 0 Å². The Morgan fingerprint density at radius 1 is 0.923 bits per heavy atom. The Kier molecular flexibility index (Phi) is 9.63. The molecule has 0 saturated heterocycles. The third-order valence-electron chi connectivity index (χ3n) is 2.49. The van der Waals surface area contributed by atoms with E-state index in [1.165, 1.54) is 56.9 Å². The molecular formula is C13H25.